The van der Waals surface area contributed by atoms with Crippen molar-refractivity contribution in [2.24, 2.45) is 0 Å². The van der Waals surface area contributed by atoms with Crippen LogP contribution in [0.1, 0.15) is 36.2 Å². The first-order chi connectivity index (χ1) is 8.66. The van der Waals surface area contributed by atoms with E-state index in [1.807, 2.05) is 6.92 Å². The topological polar surface area (TPSA) is 60.4 Å². The van der Waals surface area contributed by atoms with E-state index in [-0.39, 0.29) is 17.2 Å². The van der Waals surface area contributed by atoms with Gasteiger partial charge in [0.1, 0.15) is 10.7 Å². The first kappa shape index (κ1) is 15.9. The molecule has 1 aromatic carbocycles. The minimum absolute atomic E-state index is 0.0119. The van der Waals surface area contributed by atoms with Gasteiger partial charge >= 0.3 is 5.97 Å². The van der Waals surface area contributed by atoms with Crippen LogP contribution in [0, 0.1) is 12.7 Å². The van der Waals surface area contributed by atoms with E-state index in [0.717, 1.165) is 6.07 Å². The maximum Gasteiger partial charge on any atom is 0.338 e. The molecule has 0 radical (unpaired) electrons. The predicted octanol–water partition coefficient (Wildman–Crippen LogP) is 3.02. The van der Waals surface area contributed by atoms with Crippen LogP contribution in [-0.4, -0.2) is 20.5 Å². The number of hydrogen-bond donors (Lipinski definition) is 0. The van der Waals surface area contributed by atoms with Gasteiger partial charge in [-0.05, 0) is 38.0 Å². The molecule has 0 amide bonds. The standard InChI is InChI=1S/C12H14ClFO4S/c1-4-8(3)18-12(15)9-5-7(2)11(14)10(6-9)19(13,16)17/h5-6,8H,4H2,1-3H3. The zero-order valence-corrected chi connectivity index (χ0v) is 12.3. The summed E-state index contributed by atoms with van der Waals surface area (Å²) >= 11 is 0. The summed E-state index contributed by atoms with van der Waals surface area (Å²) in [7, 11) is 0.869. The van der Waals surface area contributed by atoms with Crippen molar-refractivity contribution in [2.75, 3.05) is 0 Å². The third-order valence-corrected chi connectivity index (χ3v) is 3.92. The van der Waals surface area contributed by atoms with Gasteiger partial charge in [0.25, 0.3) is 9.05 Å². The van der Waals surface area contributed by atoms with Gasteiger partial charge in [0.2, 0.25) is 0 Å². The van der Waals surface area contributed by atoms with E-state index in [9.17, 15) is 17.6 Å². The van der Waals surface area contributed by atoms with Gasteiger partial charge in [0, 0.05) is 10.7 Å². The fourth-order valence-corrected chi connectivity index (χ4v) is 2.35. The molecular formula is C12H14ClFO4S. The van der Waals surface area contributed by atoms with E-state index in [1.54, 1.807) is 6.92 Å². The summed E-state index contributed by atoms with van der Waals surface area (Å²) in [5.74, 6) is -1.67. The fourth-order valence-electron chi connectivity index (χ4n) is 1.37. The minimum atomic E-state index is -4.26. The third kappa shape index (κ3) is 3.91. The molecule has 0 aliphatic heterocycles. The highest BCUT2D eigenvalue weighted by Crippen LogP contribution is 2.24. The van der Waals surface area contributed by atoms with Crippen LogP contribution in [-0.2, 0) is 13.8 Å². The molecule has 0 fully saturated rings. The average molecular weight is 309 g/mol. The van der Waals surface area contributed by atoms with Crippen LogP contribution < -0.4 is 0 Å². The molecule has 7 heteroatoms. The van der Waals surface area contributed by atoms with Gasteiger partial charge in [-0.2, -0.15) is 0 Å². The van der Waals surface area contributed by atoms with Crippen LogP contribution in [0.3, 0.4) is 0 Å². The van der Waals surface area contributed by atoms with E-state index in [4.69, 9.17) is 15.4 Å². The van der Waals surface area contributed by atoms with Gasteiger partial charge < -0.3 is 4.74 Å². The zero-order chi connectivity index (χ0) is 14.8. The van der Waals surface area contributed by atoms with E-state index >= 15 is 0 Å². The lowest BCUT2D eigenvalue weighted by atomic mass is 10.1. The van der Waals surface area contributed by atoms with E-state index in [2.05, 4.69) is 0 Å². The number of aryl methyl sites for hydroxylation is 1. The molecule has 0 aromatic heterocycles. The Balaban J connectivity index is 3.25. The number of ether oxygens (including phenoxy) is 1. The second-order valence-corrected chi connectivity index (χ2v) is 6.70. The highest BCUT2D eigenvalue weighted by Gasteiger charge is 2.22. The van der Waals surface area contributed by atoms with Crippen LogP contribution >= 0.6 is 10.7 Å². The molecule has 0 heterocycles. The highest BCUT2D eigenvalue weighted by atomic mass is 35.7. The first-order valence-corrected chi connectivity index (χ1v) is 7.93. The molecule has 0 aliphatic rings. The number of esters is 1. The van der Waals surface area contributed by atoms with Gasteiger partial charge in [-0.25, -0.2) is 17.6 Å². The quantitative estimate of drug-likeness (QED) is 0.633. The molecule has 1 rings (SSSR count). The maximum atomic E-state index is 13.7. The number of halogens is 2. The van der Waals surface area contributed by atoms with Gasteiger partial charge in [0.05, 0.1) is 11.7 Å². The maximum absolute atomic E-state index is 13.7. The average Bonchev–Trinajstić information content (AvgIpc) is 2.30. The number of rotatable bonds is 4. The van der Waals surface area contributed by atoms with Crippen molar-refractivity contribution in [3.05, 3.63) is 29.1 Å². The molecule has 1 aromatic rings. The van der Waals surface area contributed by atoms with Crippen molar-refractivity contribution in [1.29, 1.82) is 0 Å². The molecule has 0 aliphatic carbocycles. The Kier molecular flexibility index (Phi) is 4.92. The summed E-state index contributed by atoms with van der Waals surface area (Å²) in [5, 5.41) is 0. The van der Waals surface area contributed by atoms with Crippen molar-refractivity contribution in [2.45, 2.75) is 38.2 Å². The van der Waals surface area contributed by atoms with E-state index in [1.165, 1.54) is 13.0 Å². The molecule has 0 bridgehead atoms. The van der Waals surface area contributed by atoms with Crippen LogP contribution in [0.25, 0.3) is 0 Å². The van der Waals surface area contributed by atoms with Crippen molar-refractivity contribution < 1.29 is 22.3 Å². The predicted molar refractivity (Wildman–Crippen MR) is 69.3 cm³/mol. The summed E-state index contributed by atoms with van der Waals surface area (Å²) in [6.07, 6.45) is 0.306. The molecular weight excluding hydrogens is 295 g/mol. The molecule has 0 saturated heterocycles. The third-order valence-electron chi connectivity index (χ3n) is 2.60. The Labute approximate surface area is 115 Å². The second kappa shape index (κ2) is 5.88. The fraction of sp³-hybridized carbons (Fsp3) is 0.417. The lowest BCUT2D eigenvalue weighted by Crippen LogP contribution is -2.15. The molecule has 0 N–H and O–H groups in total. The summed E-state index contributed by atoms with van der Waals surface area (Å²) in [6.45, 7) is 4.89. The molecule has 4 nitrogen and oxygen atoms in total. The Hall–Kier alpha value is -1.14. The first-order valence-electron chi connectivity index (χ1n) is 5.62. The van der Waals surface area contributed by atoms with Crippen molar-refractivity contribution in [3.8, 4) is 0 Å². The number of hydrogen-bond acceptors (Lipinski definition) is 4. The second-order valence-electron chi connectivity index (χ2n) is 4.17. The van der Waals surface area contributed by atoms with Crippen molar-refractivity contribution >= 4 is 25.7 Å². The van der Waals surface area contributed by atoms with Crippen molar-refractivity contribution in [3.63, 3.8) is 0 Å². The molecule has 0 spiro atoms. The lowest BCUT2D eigenvalue weighted by molar-refractivity contribution is 0.0334. The molecule has 19 heavy (non-hydrogen) atoms. The summed E-state index contributed by atoms with van der Waals surface area (Å²) < 4.78 is 41.2. The van der Waals surface area contributed by atoms with E-state index in [0.29, 0.717) is 6.42 Å². The Morgan fingerprint density at radius 3 is 2.53 bits per heavy atom. The normalized spacial score (nSPS) is 13.1. The van der Waals surface area contributed by atoms with Crippen LogP contribution in [0.5, 0.6) is 0 Å². The molecule has 106 valence electrons. The zero-order valence-electron chi connectivity index (χ0n) is 10.7. The Bertz CT molecular complexity index is 598. The number of carbonyl (C=O) groups excluding carboxylic acids is 1. The molecule has 0 saturated carbocycles. The lowest BCUT2D eigenvalue weighted by Gasteiger charge is -2.12. The Morgan fingerprint density at radius 1 is 1.47 bits per heavy atom. The van der Waals surface area contributed by atoms with Gasteiger partial charge in [-0.3, -0.25) is 0 Å². The van der Waals surface area contributed by atoms with Crippen LogP contribution in [0.4, 0.5) is 4.39 Å². The molecule has 1 unspecified atom stereocenters. The smallest absolute Gasteiger partial charge is 0.338 e. The summed E-state index contributed by atoms with van der Waals surface area (Å²) in [6, 6.07) is 2.11. The van der Waals surface area contributed by atoms with Gasteiger partial charge in [-0.1, -0.05) is 6.92 Å². The Morgan fingerprint density at radius 2 is 2.05 bits per heavy atom. The summed E-state index contributed by atoms with van der Waals surface area (Å²) in [5.41, 5.74) is -0.0312. The molecule has 1 atom stereocenters. The SMILES string of the molecule is CCC(C)OC(=O)c1cc(C)c(F)c(S(=O)(=O)Cl)c1. The monoisotopic (exact) mass is 308 g/mol. The van der Waals surface area contributed by atoms with Crippen molar-refractivity contribution in [1.82, 2.24) is 0 Å². The number of carbonyl (C=O) groups is 1. The van der Waals surface area contributed by atoms with E-state index < -0.39 is 25.7 Å². The van der Waals surface area contributed by atoms with Gasteiger partial charge in [-0.15, -0.1) is 0 Å². The van der Waals surface area contributed by atoms with Gasteiger partial charge in [0.15, 0.2) is 0 Å². The van der Waals surface area contributed by atoms with Crippen LogP contribution in [0.2, 0.25) is 0 Å². The van der Waals surface area contributed by atoms with Crippen LogP contribution in [0.15, 0.2) is 17.0 Å². The summed E-state index contributed by atoms with van der Waals surface area (Å²) in [4.78, 5) is 11.1. The highest BCUT2D eigenvalue weighted by molar-refractivity contribution is 8.13. The largest absolute Gasteiger partial charge is 0.459 e. The minimum Gasteiger partial charge on any atom is -0.459 e. The number of benzene rings is 1.